The maximum Gasteiger partial charge on any atom is 0.249 e. The predicted octanol–water partition coefficient (Wildman–Crippen LogP) is 5.27. The molecule has 1 saturated heterocycles. The van der Waals surface area contributed by atoms with Crippen LogP contribution in [0.4, 0.5) is 0 Å². The quantitative estimate of drug-likeness (QED) is 0.319. The van der Waals surface area contributed by atoms with Crippen molar-refractivity contribution in [2.75, 3.05) is 26.7 Å². The minimum atomic E-state index is -0.868. The second-order valence-corrected chi connectivity index (χ2v) is 10.7. The van der Waals surface area contributed by atoms with E-state index in [1.54, 1.807) is 13.3 Å². The molecule has 4 rings (SSSR count). The van der Waals surface area contributed by atoms with Crippen molar-refractivity contribution in [3.8, 4) is 5.75 Å². The molecule has 8 heteroatoms. The van der Waals surface area contributed by atoms with E-state index in [1.165, 1.54) is 38.5 Å². The van der Waals surface area contributed by atoms with Crippen LogP contribution in [0, 0.1) is 11.3 Å². The molecule has 35 heavy (non-hydrogen) atoms. The molecule has 0 radical (unpaired) electrons. The first kappa shape index (κ1) is 26.1. The molecule has 1 aliphatic heterocycles. The third kappa shape index (κ3) is 6.08. The summed E-state index contributed by atoms with van der Waals surface area (Å²) >= 11 is 6.47. The number of nitrogens with one attached hydrogen (secondary N) is 1. The molecule has 192 valence electrons. The minimum Gasteiger partial charge on any atom is -0.497 e. The summed E-state index contributed by atoms with van der Waals surface area (Å²) in [6, 6.07) is 5.49. The van der Waals surface area contributed by atoms with Gasteiger partial charge in [-0.05, 0) is 75.9 Å². The molecule has 2 aliphatic rings. The van der Waals surface area contributed by atoms with Crippen LogP contribution in [0.1, 0.15) is 75.9 Å². The number of hydroxylamine groups is 1. The van der Waals surface area contributed by atoms with E-state index in [0.29, 0.717) is 42.0 Å². The fourth-order valence-corrected chi connectivity index (χ4v) is 6.22. The Hall–Kier alpha value is -1.93. The lowest BCUT2D eigenvalue weighted by atomic mass is 9.73. The number of piperidine rings is 1. The zero-order chi connectivity index (χ0) is 24.8. The van der Waals surface area contributed by atoms with Gasteiger partial charge in [0.15, 0.2) is 0 Å². The van der Waals surface area contributed by atoms with E-state index < -0.39 is 11.5 Å². The Morgan fingerprint density at radius 2 is 2.03 bits per heavy atom. The summed E-state index contributed by atoms with van der Waals surface area (Å²) in [4.78, 5) is 19.6. The van der Waals surface area contributed by atoms with E-state index in [4.69, 9.17) is 16.3 Å². The number of aromatic nitrogens is 1. The van der Waals surface area contributed by atoms with E-state index in [2.05, 4.69) is 9.88 Å². The number of fused-ring (bicyclic) bond motifs is 1. The van der Waals surface area contributed by atoms with E-state index in [1.807, 2.05) is 23.7 Å². The second kappa shape index (κ2) is 11.9. The number of likely N-dealkylation sites (tertiary alicyclic amines) is 1. The maximum absolute atomic E-state index is 12.8. The first-order chi connectivity index (χ1) is 17.0. The standard InChI is InChI=1S/C27H38ClN3O4/c1-35-20-7-8-23-21(17-20)25(22(28)18-29-23)24(32)9-11-27(26(33)30-34)12-15-31(16-13-27)14-10-19-5-3-2-4-6-19/h7-8,17-19,24,32,34H,2-6,9-16H2,1H3,(H,30,33)/t24-/m1/s1. The average Bonchev–Trinajstić information content (AvgIpc) is 2.90. The Balaban J connectivity index is 1.42. The summed E-state index contributed by atoms with van der Waals surface area (Å²) < 4.78 is 5.34. The van der Waals surface area contributed by atoms with Gasteiger partial charge in [-0.2, -0.15) is 0 Å². The number of nitrogens with zero attached hydrogens (tertiary/aromatic N) is 2. The van der Waals surface area contributed by atoms with Crippen LogP contribution in [0.5, 0.6) is 5.75 Å². The Bertz CT molecular complexity index is 1000. The van der Waals surface area contributed by atoms with Crippen molar-refractivity contribution in [3.05, 3.63) is 35.0 Å². The molecule has 0 bridgehead atoms. The van der Waals surface area contributed by atoms with E-state index >= 15 is 0 Å². The summed E-state index contributed by atoms with van der Waals surface area (Å²) in [7, 11) is 1.59. The normalized spacial score (nSPS) is 20.0. The molecule has 1 aromatic heterocycles. The smallest absolute Gasteiger partial charge is 0.249 e. The van der Waals surface area contributed by atoms with Gasteiger partial charge in [0, 0.05) is 17.1 Å². The van der Waals surface area contributed by atoms with Gasteiger partial charge in [0.1, 0.15) is 5.75 Å². The second-order valence-electron chi connectivity index (χ2n) is 10.3. The number of hydrogen-bond acceptors (Lipinski definition) is 6. The number of aliphatic hydroxyl groups is 1. The number of aliphatic hydroxyl groups excluding tert-OH is 1. The number of carbonyl (C=O) groups is 1. The number of methoxy groups -OCH3 is 1. The number of rotatable bonds is 9. The highest BCUT2D eigenvalue weighted by molar-refractivity contribution is 6.32. The fraction of sp³-hybridized carbons (Fsp3) is 0.630. The molecule has 1 saturated carbocycles. The summed E-state index contributed by atoms with van der Waals surface area (Å²) in [5.41, 5.74) is 2.52. The van der Waals surface area contributed by atoms with Gasteiger partial charge in [-0.1, -0.05) is 43.7 Å². The van der Waals surface area contributed by atoms with E-state index in [0.717, 1.165) is 36.5 Å². The van der Waals surface area contributed by atoms with Gasteiger partial charge < -0.3 is 14.7 Å². The first-order valence-corrected chi connectivity index (χ1v) is 13.3. The van der Waals surface area contributed by atoms with Gasteiger partial charge >= 0.3 is 0 Å². The molecule has 1 amide bonds. The maximum atomic E-state index is 12.8. The Kier molecular flexibility index (Phi) is 8.87. The predicted molar refractivity (Wildman–Crippen MR) is 137 cm³/mol. The first-order valence-electron chi connectivity index (χ1n) is 12.9. The summed E-state index contributed by atoms with van der Waals surface area (Å²) in [6.07, 6.45) is 10.8. The van der Waals surface area contributed by atoms with Crippen LogP contribution in [0.15, 0.2) is 24.4 Å². The minimum absolute atomic E-state index is 0.353. The van der Waals surface area contributed by atoms with Gasteiger partial charge in [-0.25, -0.2) is 5.48 Å². The van der Waals surface area contributed by atoms with Crippen LogP contribution in [-0.2, 0) is 4.79 Å². The molecule has 1 aromatic carbocycles. The van der Waals surface area contributed by atoms with Gasteiger partial charge in [0.05, 0.1) is 29.2 Å². The zero-order valence-corrected chi connectivity index (χ0v) is 21.4. The van der Waals surface area contributed by atoms with Crippen molar-refractivity contribution in [2.45, 2.75) is 70.3 Å². The topological polar surface area (TPSA) is 94.9 Å². The van der Waals surface area contributed by atoms with Gasteiger partial charge in [0.2, 0.25) is 5.91 Å². The summed E-state index contributed by atoms with van der Waals surface area (Å²) in [5.74, 6) is 1.14. The van der Waals surface area contributed by atoms with Crippen LogP contribution in [0.2, 0.25) is 5.02 Å². The molecular weight excluding hydrogens is 466 g/mol. The molecule has 7 nitrogen and oxygen atoms in total. The third-order valence-corrected chi connectivity index (χ3v) is 8.57. The lowest BCUT2D eigenvalue weighted by Crippen LogP contribution is -2.48. The Morgan fingerprint density at radius 1 is 1.29 bits per heavy atom. The Labute approximate surface area is 212 Å². The number of carbonyl (C=O) groups excluding carboxylic acids is 1. The van der Waals surface area contributed by atoms with Gasteiger partial charge in [-0.3, -0.25) is 15.0 Å². The highest BCUT2D eigenvalue weighted by Crippen LogP contribution is 2.41. The van der Waals surface area contributed by atoms with E-state index in [-0.39, 0.29) is 5.91 Å². The molecular formula is C27H38ClN3O4. The van der Waals surface area contributed by atoms with Crippen molar-refractivity contribution in [3.63, 3.8) is 0 Å². The number of ether oxygens (including phenoxy) is 1. The molecule has 2 aromatic rings. The SMILES string of the molecule is COc1ccc2ncc(Cl)c([C@H](O)CCC3(C(=O)NO)CCN(CCC4CCCCC4)CC3)c2c1. The molecule has 3 N–H and O–H groups in total. The van der Waals surface area contributed by atoms with Gasteiger partial charge in [0.25, 0.3) is 0 Å². The number of hydrogen-bond donors (Lipinski definition) is 3. The van der Waals surface area contributed by atoms with Crippen LogP contribution < -0.4 is 10.2 Å². The number of benzene rings is 1. The van der Waals surface area contributed by atoms with Crippen molar-refractivity contribution in [1.29, 1.82) is 0 Å². The van der Waals surface area contributed by atoms with Crippen LogP contribution in [0.3, 0.4) is 0 Å². The highest BCUT2D eigenvalue weighted by atomic mass is 35.5. The lowest BCUT2D eigenvalue weighted by molar-refractivity contribution is -0.143. The van der Waals surface area contributed by atoms with Crippen LogP contribution in [0.25, 0.3) is 10.9 Å². The van der Waals surface area contributed by atoms with Crippen LogP contribution >= 0.6 is 11.6 Å². The number of pyridine rings is 1. The molecule has 1 aliphatic carbocycles. The van der Waals surface area contributed by atoms with Crippen molar-refractivity contribution >= 4 is 28.4 Å². The van der Waals surface area contributed by atoms with Gasteiger partial charge in [-0.15, -0.1) is 0 Å². The van der Waals surface area contributed by atoms with E-state index in [9.17, 15) is 15.1 Å². The fourth-order valence-electron chi connectivity index (χ4n) is 5.95. The Morgan fingerprint density at radius 3 is 2.71 bits per heavy atom. The summed E-state index contributed by atoms with van der Waals surface area (Å²) in [5, 5.41) is 21.8. The van der Waals surface area contributed by atoms with Crippen LogP contribution in [-0.4, -0.2) is 52.8 Å². The molecule has 2 fully saturated rings. The molecule has 0 unspecified atom stereocenters. The molecule has 0 spiro atoms. The highest BCUT2D eigenvalue weighted by Gasteiger charge is 2.41. The number of amides is 1. The zero-order valence-electron chi connectivity index (χ0n) is 20.6. The van der Waals surface area contributed by atoms with Crippen molar-refractivity contribution in [1.82, 2.24) is 15.4 Å². The van der Waals surface area contributed by atoms with Crippen molar-refractivity contribution in [2.24, 2.45) is 11.3 Å². The summed E-state index contributed by atoms with van der Waals surface area (Å²) in [6.45, 7) is 2.73. The largest absolute Gasteiger partial charge is 0.497 e. The molecule has 2 heterocycles. The monoisotopic (exact) mass is 503 g/mol. The number of halogens is 1. The third-order valence-electron chi connectivity index (χ3n) is 8.27. The lowest BCUT2D eigenvalue weighted by Gasteiger charge is -2.41. The van der Waals surface area contributed by atoms with Crippen molar-refractivity contribution < 1.29 is 19.8 Å². The molecule has 1 atom stereocenters. The average molecular weight is 504 g/mol.